The first-order valence-corrected chi connectivity index (χ1v) is 9.88. The fourth-order valence-electron chi connectivity index (χ4n) is 3.57. The molecular weight excluding hydrogens is 368 g/mol. The van der Waals surface area contributed by atoms with Crippen LogP contribution in [-0.4, -0.2) is 28.2 Å². The van der Waals surface area contributed by atoms with E-state index in [9.17, 15) is 9.90 Å². The molecule has 3 aromatic rings. The Hall–Kier alpha value is -3.12. The van der Waals surface area contributed by atoms with Crippen molar-refractivity contribution < 1.29 is 19.1 Å². The molecule has 4 rings (SSSR count). The number of rotatable bonds is 5. The molecule has 2 aromatic heterocycles. The number of aliphatic hydroxyl groups excluding tert-OH is 1. The molecule has 1 amide bonds. The molecule has 6 heteroatoms. The van der Waals surface area contributed by atoms with Gasteiger partial charge in [-0.1, -0.05) is 6.42 Å². The lowest BCUT2D eigenvalue weighted by Crippen LogP contribution is -2.34. The van der Waals surface area contributed by atoms with Crippen LogP contribution in [0.5, 0.6) is 5.75 Å². The summed E-state index contributed by atoms with van der Waals surface area (Å²) < 4.78 is 11.3. The van der Waals surface area contributed by atoms with Crippen molar-refractivity contribution in [2.24, 2.45) is 0 Å². The number of amides is 1. The van der Waals surface area contributed by atoms with Crippen LogP contribution < -0.4 is 10.1 Å². The van der Waals surface area contributed by atoms with E-state index in [2.05, 4.69) is 10.3 Å². The number of aryl methyl sites for hydroxylation is 1. The van der Waals surface area contributed by atoms with Gasteiger partial charge in [0.05, 0.1) is 23.6 Å². The lowest BCUT2D eigenvalue weighted by molar-refractivity contribution is 0.00688. The van der Waals surface area contributed by atoms with Crippen LogP contribution in [0.1, 0.15) is 41.7 Å². The van der Waals surface area contributed by atoms with Gasteiger partial charge in [0.15, 0.2) is 5.76 Å². The van der Waals surface area contributed by atoms with E-state index in [1.807, 2.05) is 18.2 Å². The molecule has 1 aliphatic carbocycles. The highest BCUT2D eigenvalue weighted by atomic mass is 16.5. The zero-order chi connectivity index (χ0) is 20.2. The third kappa shape index (κ3) is 4.49. The maximum atomic E-state index is 12.6. The van der Waals surface area contributed by atoms with Crippen molar-refractivity contribution in [3.8, 4) is 17.2 Å². The Morgan fingerprint density at radius 3 is 2.62 bits per heavy atom. The van der Waals surface area contributed by atoms with Gasteiger partial charge >= 0.3 is 0 Å². The average molecular weight is 392 g/mol. The van der Waals surface area contributed by atoms with E-state index < -0.39 is 6.10 Å². The maximum Gasteiger partial charge on any atom is 0.257 e. The minimum Gasteiger partial charge on any atom is -0.488 e. The molecule has 0 aliphatic heterocycles. The lowest BCUT2D eigenvalue weighted by atomic mass is 9.95. The SMILES string of the molecule is Cc1nc(-c2ccco2)ccc1C(=O)Nc1ccc(OC2CCCCC2O)cc1. The second-order valence-corrected chi connectivity index (χ2v) is 7.29. The van der Waals surface area contributed by atoms with Crippen molar-refractivity contribution in [3.63, 3.8) is 0 Å². The third-order valence-electron chi connectivity index (χ3n) is 5.17. The summed E-state index contributed by atoms with van der Waals surface area (Å²) in [7, 11) is 0. The van der Waals surface area contributed by atoms with Gasteiger partial charge in [0, 0.05) is 5.69 Å². The number of anilines is 1. The normalized spacial score (nSPS) is 19.0. The Morgan fingerprint density at radius 2 is 1.93 bits per heavy atom. The second-order valence-electron chi connectivity index (χ2n) is 7.29. The van der Waals surface area contributed by atoms with Gasteiger partial charge in [0.1, 0.15) is 17.5 Å². The first-order valence-electron chi connectivity index (χ1n) is 9.88. The van der Waals surface area contributed by atoms with Crippen LogP contribution in [0.3, 0.4) is 0 Å². The first-order chi connectivity index (χ1) is 14.1. The van der Waals surface area contributed by atoms with E-state index in [1.54, 1.807) is 43.5 Å². The Balaban J connectivity index is 1.40. The molecule has 6 nitrogen and oxygen atoms in total. The zero-order valence-electron chi connectivity index (χ0n) is 16.3. The van der Waals surface area contributed by atoms with Gasteiger partial charge in [-0.2, -0.15) is 0 Å². The van der Waals surface area contributed by atoms with E-state index in [-0.39, 0.29) is 12.0 Å². The van der Waals surface area contributed by atoms with Gasteiger partial charge in [-0.25, -0.2) is 4.98 Å². The van der Waals surface area contributed by atoms with E-state index in [0.29, 0.717) is 34.1 Å². The molecule has 1 aromatic carbocycles. The van der Waals surface area contributed by atoms with Crippen molar-refractivity contribution >= 4 is 11.6 Å². The average Bonchev–Trinajstić information content (AvgIpc) is 3.26. The quantitative estimate of drug-likeness (QED) is 0.664. The Bertz CT molecular complexity index is 967. The number of hydrogen-bond acceptors (Lipinski definition) is 5. The number of carbonyl (C=O) groups is 1. The van der Waals surface area contributed by atoms with E-state index >= 15 is 0 Å². The van der Waals surface area contributed by atoms with Gasteiger partial charge in [0.2, 0.25) is 0 Å². The predicted octanol–water partition coefficient (Wildman–Crippen LogP) is 4.58. The van der Waals surface area contributed by atoms with Crippen LogP contribution in [0.2, 0.25) is 0 Å². The van der Waals surface area contributed by atoms with Crippen LogP contribution in [0, 0.1) is 6.92 Å². The summed E-state index contributed by atoms with van der Waals surface area (Å²) in [5, 5.41) is 12.9. The number of aromatic nitrogens is 1. The highest BCUT2D eigenvalue weighted by Crippen LogP contribution is 2.25. The number of aliphatic hydroxyl groups is 1. The summed E-state index contributed by atoms with van der Waals surface area (Å²) in [4.78, 5) is 17.1. The Kier molecular flexibility index (Phi) is 5.62. The number of furan rings is 1. The van der Waals surface area contributed by atoms with Crippen LogP contribution >= 0.6 is 0 Å². The molecule has 1 fully saturated rings. The van der Waals surface area contributed by atoms with Crippen LogP contribution in [-0.2, 0) is 0 Å². The van der Waals surface area contributed by atoms with Gasteiger partial charge in [0.25, 0.3) is 5.91 Å². The smallest absolute Gasteiger partial charge is 0.257 e. The largest absolute Gasteiger partial charge is 0.488 e. The predicted molar refractivity (Wildman–Crippen MR) is 110 cm³/mol. The zero-order valence-corrected chi connectivity index (χ0v) is 16.3. The third-order valence-corrected chi connectivity index (χ3v) is 5.17. The standard InChI is InChI=1S/C23H24N2O4/c1-15-18(12-13-19(24-15)21-7-4-14-28-21)23(27)25-16-8-10-17(11-9-16)29-22-6-3-2-5-20(22)26/h4,7-14,20,22,26H,2-3,5-6H2,1H3,(H,25,27). The molecule has 0 spiro atoms. The lowest BCUT2D eigenvalue weighted by Gasteiger charge is -2.28. The minimum absolute atomic E-state index is 0.161. The van der Waals surface area contributed by atoms with Crippen molar-refractivity contribution in [2.75, 3.05) is 5.32 Å². The molecule has 1 saturated carbocycles. The number of hydrogen-bond donors (Lipinski definition) is 2. The number of nitrogens with zero attached hydrogens (tertiary/aromatic N) is 1. The molecule has 2 N–H and O–H groups in total. The summed E-state index contributed by atoms with van der Waals surface area (Å²) in [5.74, 6) is 1.13. The van der Waals surface area contributed by atoms with Crippen molar-refractivity contribution in [2.45, 2.75) is 44.8 Å². The van der Waals surface area contributed by atoms with Gasteiger partial charge < -0.3 is 19.6 Å². The number of nitrogens with one attached hydrogen (secondary N) is 1. The topological polar surface area (TPSA) is 84.6 Å². The monoisotopic (exact) mass is 392 g/mol. The fraction of sp³-hybridized carbons (Fsp3) is 0.304. The highest BCUT2D eigenvalue weighted by molar-refractivity contribution is 6.05. The van der Waals surface area contributed by atoms with Crippen LogP contribution in [0.15, 0.2) is 59.2 Å². The van der Waals surface area contributed by atoms with E-state index in [4.69, 9.17) is 9.15 Å². The molecule has 2 unspecified atom stereocenters. The summed E-state index contributed by atoms with van der Waals surface area (Å²) >= 11 is 0. The Morgan fingerprint density at radius 1 is 1.14 bits per heavy atom. The summed E-state index contributed by atoms with van der Waals surface area (Å²) in [5.41, 5.74) is 2.49. The van der Waals surface area contributed by atoms with Crippen molar-refractivity contribution in [1.29, 1.82) is 0 Å². The summed E-state index contributed by atoms with van der Waals surface area (Å²) in [6.07, 6.45) is 4.78. The minimum atomic E-state index is -0.414. The molecule has 1 aliphatic rings. The van der Waals surface area contributed by atoms with Gasteiger partial charge in [-0.05, 0) is 74.7 Å². The van der Waals surface area contributed by atoms with Crippen molar-refractivity contribution in [3.05, 3.63) is 66.1 Å². The number of ether oxygens (including phenoxy) is 1. The molecular formula is C23H24N2O4. The molecule has 29 heavy (non-hydrogen) atoms. The van der Waals surface area contributed by atoms with Crippen molar-refractivity contribution in [1.82, 2.24) is 4.98 Å². The second kappa shape index (κ2) is 8.49. The van der Waals surface area contributed by atoms with Gasteiger partial charge in [-0.15, -0.1) is 0 Å². The van der Waals surface area contributed by atoms with E-state index in [0.717, 1.165) is 25.7 Å². The fourth-order valence-corrected chi connectivity index (χ4v) is 3.57. The maximum absolute atomic E-state index is 12.6. The van der Waals surface area contributed by atoms with Crippen LogP contribution in [0.25, 0.3) is 11.5 Å². The summed E-state index contributed by atoms with van der Waals surface area (Å²) in [6, 6.07) is 14.4. The van der Waals surface area contributed by atoms with E-state index in [1.165, 1.54) is 0 Å². The molecule has 0 bridgehead atoms. The molecule has 150 valence electrons. The Labute approximate surface area is 169 Å². The van der Waals surface area contributed by atoms with Crippen LogP contribution in [0.4, 0.5) is 5.69 Å². The number of benzene rings is 1. The molecule has 2 atom stereocenters. The first kappa shape index (κ1) is 19.2. The molecule has 0 radical (unpaired) electrons. The molecule has 0 saturated heterocycles. The summed E-state index contributed by atoms with van der Waals surface area (Å²) in [6.45, 7) is 1.80. The number of pyridine rings is 1. The molecule has 2 heterocycles. The number of carbonyl (C=O) groups excluding carboxylic acids is 1. The van der Waals surface area contributed by atoms with Gasteiger partial charge in [-0.3, -0.25) is 4.79 Å². The highest BCUT2D eigenvalue weighted by Gasteiger charge is 2.24.